The zero-order valence-electron chi connectivity index (χ0n) is 19.2. The minimum Gasteiger partial charge on any atom is -0.366 e. The molecule has 1 aliphatic heterocycles. The molecule has 0 radical (unpaired) electrons. The van der Waals surface area contributed by atoms with E-state index in [1.807, 2.05) is 18.3 Å². The lowest BCUT2D eigenvalue weighted by molar-refractivity contribution is 0.0934. The summed E-state index contributed by atoms with van der Waals surface area (Å²) in [7, 11) is 0. The molecule has 7 heteroatoms. The van der Waals surface area contributed by atoms with Crippen molar-refractivity contribution in [3.63, 3.8) is 0 Å². The third-order valence-electron chi connectivity index (χ3n) is 6.50. The third kappa shape index (κ3) is 4.93. The van der Waals surface area contributed by atoms with Crippen LogP contribution in [0.4, 0.5) is 5.82 Å². The van der Waals surface area contributed by atoms with E-state index < -0.39 is 0 Å². The molecule has 1 amide bonds. The van der Waals surface area contributed by atoms with E-state index in [1.54, 1.807) is 16.9 Å². The Bertz CT molecular complexity index is 1160. The summed E-state index contributed by atoms with van der Waals surface area (Å²) in [6.45, 7) is 3.87. The van der Waals surface area contributed by atoms with Crippen LogP contribution in [0.2, 0.25) is 0 Å². The van der Waals surface area contributed by atoms with Crippen LogP contribution >= 0.6 is 0 Å². The van der Waals surface area contributed by atoms with Crippen molar-refractivity contribution >= 4 is 22.8 Å². The molecule has 0 spiro atoms. The van der Waals surface area contributed by atoms with Gasteiger partial charge in [0.1, 0.15) is 5.82 Å². The fraction of sp³-hybridized carbons (Fsp3) is 0.423. The zero-order valence-corrected chi connectivity index (χ0v) is 19.2. The van der Waals surface area contributed by atoms with Crippen LogP contribution in [0.5, 0.6) is 0 Å². The molecule has 1 fully saturated rings. The normalized spacial score (nSPS) is 16.1. The van der Waals surface area contributed by atoms with Crippen LogP contribution in [-0.2, 0) is 0 Å². The summed E-state index contributed by atoms with van der Waals surface area (Å²) in [5.74, 6) is 0.843. The minimum absolute atomic E-state index is 0.0453. The number of amides is 1. The molecule has 0 bridgehead atoms. The number of nitrogens with one attached hydrogen (secondary N) is 3. The molecular weight excluding hydrogens is 412 g/mol. The summed E-state index contributed by atoms with van der Waals surface area (Å²) in [6.07, 6.45) is 14.3. The Morgan fingerprint density at radius 3 is 3.06 bits per heavy atom. The molecule has 3 N–H and O–H groups in total. The van der Waals surface area contributed by atoms with Gasteiger partial charge in [0.05, 0.1) is 17.3 Å². The molecule has 0 saturated heterocycles. The van der Waals surface area contributed by atoms with Crippen molar-refractivity contribution in [3.8, 4) is 0 Å². The number of hydrogen-bond donors (Lipinski definition) is 3. The number of aromatic nitrogens is 3. The second-order valence-corrected chi connectivity index (χ2v) is 9.03. The average Bonchev–Trinajstić information content (AvgIpc) is 3.57. The van der Waals surface area contributed by atoms with E-state index in [2.05, 4.69) is 51.2 Å². The highest BCUT2D eigenvalue weighted by Crippen LogP contribution is 2.31. The second-order valence-electron chi connectivity index (χ2n) is 9.03. The number of anilines is 1. The van der Waals surface area contributed by atoms with Gasteiger partial charge in [0.15, 0.2) is 0 Å². The Morgan fingerprint density at radius 1 is 1.30 bits per heavy atom. The van der Waals surface area contributed by atoms with E-state index in [0.717, 1.165) is 66.8 Å². The Hall–Kier alpha value is -3.19. The number of fused-ring (bicyclic) bond motifs is 2. The molecule has 7 nitrogen and oxygen atoms in total. The number of pyridine rings is 2. The van der Waals surface area contributed by atoms with E-state index in [4.69, 9.17) is 0 Å². The second kappa shape index (κ2) is 9.75. The van der Waals surface area contributed by atoms with E-state index in [9.17, 15) is 4.79 Å². The van der Waals surface area contributed by atoms with Crippen LogP contribution in [-0.4, -0.2) is 45.7 Å². The summed E-state index contributed by atoms with van der Waals surface area (Å²) in [5, 5.41) is 14.6. The number of hydrogen-bond acceptors (Lipinski definition) is 5. The first kappa shape index (κ1) is 21.6. The van der Waals surface area contributed by atoms with Crippen LogP contribution in [0.25, 0.3) is 11.1 Å². The summed E-state index contributed by atoms with van der Waals surface area (Å²) >= 11 is 0. The summed E-state index contributed by atoms with van der Waals surface area (Å²) in [6, 6.07) is 8.99. The van der Waals surface area contributed by atoms with Gasteiger partial charge in [0.25, 0.3) is 5.91 Å². The number of carbonyl (C=O) groups excluding carboxylic acids is 1. The van der Waals surface area contributed by atoms with Crippen molar-refractivity contribution in [1.82, 2.24) is 25.2 Å². The first-order chi connectivity index (χ1) is 16.2. The smallest absolute Gasteiger partial charge is 0.255 e. The van der Waals surface area contributed by atoms with Gasteiger partial charge in [-0.3, -0.25) is 4.79 Å². The van der Waals surface area contributed by atoms with Gasteiger partial charge in [-0.05, 0) is 67.6 Å². The van der Waals surface area contributed by atoms with E-state index in [0.29, 0.717) is 11.6 Å². The Labute approximate surface area is 194 Å². The summed E-state index contributed by atoms with van der Waals surface area (Å²) < 4.78 is 1.78. The quantitative estimate of drug-likeness (QED) is 0.440. The number of nitrogens with zero attached hydrogens (tertiary/aromatic N) is 3. The number of rotatable bonds is 10. The van der Waals surface area contributed by atoms with Gasteiger partial charge in [-0.2, -0.15) is 5.10 Å². The van der Waals surface area contributed by atoms with E-state index >= 15 is 0 Å². The monoisotopic (exact) mass is 444 g/mol. The van der Waals surface area contributed by atoms with Crippen molar-refractivity contribution in [2.24, 2.45) is 0 Å². The largest absolute Gasteiger partial charge is 0.366 e. The summed E-state index contributed by atoms with van der Waals surface area (Å²) in [5.41, 5.74) is 4.69. The van der Waals surface area contributed by atoms with Gasteiger partial charge in [0.2, 0.25) is 0 Å². The van der Waals surface area contributed by atoms with Crippen molar-refractivity contribution < 1.29 is 4.79 Å². The molecule has 1 aliphatic carbocycles. The van der Waals surface area contributed by atoms with Crippen LogP contribution in [0.3, 0.4) is 0 Å². The van der Waals surface area contributed by atoms with Gasteiger partial charge in [-0.25, -0.2) is 9.50 Å². The molecule has 33 heavy (non-hydrogen) atoms. The lowest BCUT2D eigenvalue weighted by Gasteiger charge is -2.19. The molecule has 0 aromatic carbocycles. The highest BCUT2D eigenvalue weighted by Gasteiger charge is 2.22. The first-order valence-corrected chi connectivity index (χ1v) is 12.1. The number of carbonyl (C=O) groups is 1. The Kier molecular flexibility index (Phi) is 6.39. The maximum Gasteiger partial charge on any atom is 0.255 e. The van der Waals surface area contributed by atoms with E-state index in [1.165, 1.54) is 12.8 Å². The molecule has 3 aromatic rings. The standard InChI is InChI=1S/C26H32N6O/c1-2-3-5-20(9-13-27-19-7-8-19)31-26(33)23-17-30-32-15-11-18(16-24(23)32)21-10-14-29-25-22(21)6-4-12-28-25/h4,6,10-12,15-17,19-20,27H,2-3,5,7-9,13-14H2,1H3,(H,28,29)(H,31,33). The summed E-state index contributed by atoms with van der Waals surface area (Å²) in [4.78, 5) is 17.7. The third-order valence-corrected chi connectivity index (χ3v) is 6.50. The molecule has 1 saturated carbocycles. The van der Waals surface area contributed by atoms with Gasteiger partial charge in [-0.1, -0.05) is 25.8 Å². The number of unbranched alkanes of at least 4 members (excludes halogenated alkanes) is 1. The maximum atomic E-state index is 13.3. The molecule has 2 aliphatic rings. The fourth-order valence-electron chi connectivity index (χ4n) is 4.47. The molecule has 4 heterocycles. The van der Waals surface area contributed by atoms with Gasteiger partial charge >= 0.3 is 0 Å². The highest BCUT2D eigenvalue weighted by atomic mass is 16.1. The lowest BCUT2D eigenvalue weighted by atomic mass is 9.96. The Balaban J connectivity index is 1.36. The van der Waals surface area contributed by atoms with Gasteiger partial charge in [-0.15, -0.1) is 0 Å². The predicted octanol–water partition coefficient (Wildman–Crippen LogP) is 4.02. The molecule has 1 atom stereocenters. The molecule has 5 rings (SSSR count). The van der Waals surface area contributed by atoms with Crippen LogP contribution in [0, 0.1) is 0 Å². The zero-order chi connectivity index (χ0) is 22.6. The van der Waals surface area contributed by atoms with Gasteiger partial charge < -0.3 is 16.0 Å². The topological polar surface area (TPSA) is 83.3 Å². The van der Waals surface area contributed by atoms with Crippen molar-refractivity contribution in [2.45, 2.75) is 57.5 Å². The fourth-order valence-corrected chi connectivity index (χ4v) is 4.47. The van der Waals surface area contributed by atoms with Crippen molar-refractivity contribution in [2.75, 3.05) is 18.4 Å². The first-order valence-electron chi connectivity index (χ1n) is 12.1. The van der Waals surface area contributed by atoms with Gasteiger partial charge in [0, 0.05) is 36.6 Å². The van der Waals surface area contributed by atoms with Crippen molar-refractivity contribution in [3.05, 3.63) is 65.6 Å². The predicted molar refractivity (Wildman–Crippen MR) is 131 cm³/mol. The molecule has 1 unspecified atom stereocenters. The maximum absolute atomic E-state index is 13.3. The molecule has 172 valence electrons. The minimum atomic E-state index is -0.0453. The van der Waals surface area contributed by atoms with Crippen molar-refractivity contribution in [1.29, 1.82) is 0 Å². The van der Waals surface area contributed by atoms with E-state index in [-0.39, 0.29) is 11.9 Å². The van der Waals surface area contributed by atoms with Crippen LogP contribution < -0.4 is 16.0 Å². The molecule has 3 aromatic heterocycles. The average molecular weight is 445 g/mol. The van der Waals surface area contributed by atoms with Crippen LogP contribution in [0.15, 0.2) is 48.9 Å². The Morgan fingerprint density at radius 2 is 2.21 bits per heavy atom. The van der Waals surface area contributed by atoms with Crippen LogP contribution in [0.1, 0.15) is 66.9 Å². The molecular formula is C26H32N6O. The SMILES string of the molecule is CCCCC(CCNC1CC1)NC(=O)c1cnn2ccc(C3=CCNc4ncccc43)cc12. The highest BCUT2D eigenvalue weighted by molar-refractivity contribution is 6.01. The lowest BCUT2D eigenvalue weighted by Crippen LogP contribution is -2.37.